The SMILES string of the molecule is COc1ccc(C2N[C@@H](c3ccccc3)[C@H](C(=O)O)O2)cc1. The number of ether oxygens (including phenoxy) is 2. The molecule has 0 radical (unpaired) electrons. The second-order valence-corrected chi connectivity index (χ2v) is 5.10. The highest BCUT2D eigenvalue weighted by molar-refractivity contribution is 5.74. The van der Waals surface area contributed by atoms with Crippen LogP contribution in [-0.4, -0.2) is 24.3 Å². The van der Waals surface area contributed by atoms with E-state index in [0.29, 0.717) is 0 Å². The highest BCUT2D eigenvalue weighted by Crippen LogP contribution is 2.34. The van der Waals surface area contributed by atoms with Gasteiger partial charge < -0.3 is 14.6 Å². The minimum absolute atomic E-state index is 0.384. The maximum absolute atomic E-state index is 11.5. The lowest BCUT2D eigenvalue weighted by Gasteiger charge is -2.14. The van der Waals surface area contributed by atoms with Crippen LogP contribution in [-0.2, 0) is 9.53 Å². The van der Waals surface area contributed by atoms with Gasteiger partial charge in [0.15, 0.2) is 6.10 Å². The fraction of sp³-hybridized carbons (Fsp3) is 0.235. The summed E-state index contributed by atoms with van der Waals surface area (Å²) in [6.45, 7) is 0. The molecule has 0 aliphatic carbocycles. The van der Waals surface area contributed by atoms with Crippen LogP contribution in [0.15, 0.2) is 54.6 Å². The van der Waals surface area contributed by atoms with Crippen molar-refractivity contribution in [3.8, 4) is 5.75 Å². The Morgan fingerprint density at radius 3 is 2.36 bits per heavy atom. The molecule has 114 valence electrons. The van der Waals surface area contributed by atoms with Crippen molar-refractivity contribution in [2.24, 2.45) is 0 Å². The Morgan fingerprint density at radius 1 is 1.09 bits per heavy atom. The molecular weight excluding hydrogens is 282 g/mol. The van der Waals surface area contributed by atoms with Gasteiger partial charge in [-0.1, -0.05) is 42.5 Å². The van der Waals surface area contributed by atoms with Crippen LogP contribution in [0, 0.1) is 0 Å². The number of aliphatic carboxylic acids is 1. The average molecular weight is 299 g/mol. The molecular formula is C17H17NO4. The molecule has 1 aliphatic rings. The highest BCUT2D eigenvalue weighted by Gasteiger charge is 2.40. The predicted molar refractivity (Wildman–Crippen MR) is 80.6 cm³/mol. The van der Waals surface area contributed by atoms with E-state index in [2.05, 4.69) is 5.32 Å². The highest BCUT2D eigenvalue weighted by atomic mass is 16.5. The number of carboxylic acids is 1. The van der Waals surface area contributed by atoms with Gasteiger partial charge in [0, 0.05) is 0 Å². The molecule has 0 aromatic heterocycles. The van der Waals surface area contributed by atoms with E-state index in [4.69, 9.17) is 9.47 Å². The number of carboxylic acid groups (broad SMARTS) is 1. The number of nitrogens with one attached hydrogen (secondary N) is 1. The molecule has 1 fully saturated rings. The van der Waals surface area contributed by atoms with Gasteiger partial charge in [-0.2, -0.15) is 0 Å². The molecule has 0 saturated carbocycles. The Kier molecular flexibility index (Phi) is 4.09. The van der Waals surface area contributed by atoms with Crippen LogP contribution in [0.3, 0.4) is 0 Å². The largest absolute Gasteiger partial charge is 0.497 e. The van der Waals surface area contributed by atoms with E-state index >= 15 is 0 Å². The number of rotatable bonds is 4. The Bertz CT molecular complexity index is 641. The first-order valence-electron chi connectivity index (χ1n) is 7.02. The third-order valence-electron chi connectivity index (χ3n) is 3.74. The van der Waals surface area contributed by atoms with E-state index in [-0.39, 0.29) is 6.04 Å². The van der Waals surface area contributed by atoms with Crippen molar-refractivity contribution in [3.05, 3.63) is 65.7 Å². The summed E-state index contributed by atoms with van der Waals surface area (Å²) in [4.78, 5) is 11.5. The van der Waals surface area contributed by atoms with Crippen molar-refractivity contribution in [1.29, 1.82) is 0 Å². The van der Waals surface area contributed by atoms with Crippen LogP contribution in [0.4, 0.5) is 0 Å². The standard InChI is InChI=1S/C17H17NO4/c1-21-13-9-7-12(8-10-13)16-18-14(15(22-16)17(19)20)11-5-3-2-4-6-11/h2-10,14-16,18H,1H3,(H,19,20)/t14-,15+,16?/m0/s1. The second kappa shape index (κ2) is 6.17. The summed E-state index contributed by atoms with van der Waals surface area (Å²) in [7, 11) is 1.60. The molecule has 5 heteroatoms. The van der Waals surface area contributed by atoms with Gasteiger partial charge in [-0.25, -0.2) is 4.79 Å². The smallest absolute Gasteiger partial charge is 0.334 e. The van der Waals surface area contributed by atoms with Crippen molar-refractivity contribution >= 4 is 5.97 Å². The van der Waals surface area contributed by atoms with Crippen molar-refractivity contribution < 1.29 is 19.4 Å². The van der Waals surface area contributed by atoms with Crippen LogP contribution in [0.25, 0.3) is 0 Å². The maximum atomic E-state index is 11.5. The summed E-state index contributed by atoms with van der Waals surface area (Å²) in [6, 6.07) is 16.5. The normalized spacial score (nSPS) is 24.1. The van der Waals surface area contributed by atoms with Crippen LogP contribution >= 0.6 is 0 Å². The molecule has 1 heterocycles. The quantitative estimate of drug-likeness (QED) is 0.908. The Morgan fingerprint density at radius 2 is 1.77 bits per heavy atom. The van der Waals surface area contributed by atoms with E-state index in [9.17, 15) is 9.90 Å². The Hall–Kier alpha value is -2.37. The van der Waals surface area contributed by atoms with Crippen molar-refractivity contribution in [1.82, 2.24) is 5.32 Å². The van der Waals surface area contributed by atoms with E-state index in [1.807, 2.05) is 54.6 Å². The number of carbonyl (C=O) groups is 1. The Balaban J connectivity index is 1.85. The van der Waals surface area contributed by atoms with Crippen molar-refractivity contribution in [3.63, 3.8) is 0 Å². The average Bonchev–Trinajstić information content (AvgIpc) is 3.01. The number of hydrogen-bond donors (Lipinski definition) is 2. The van der Waals surface area contributed by atoms with Crippen LogP contribution in [0.2, 0.25) is 0 Å². The van der Waals surface area contributed by atoms with E-state index in [1.54, 1.807) is 7.11 Å². The zero-order chi connectivity index (χ0) is 15.5. The molecule has 1 aliphatic heterocycles. The van der Waals surface area contributed by atoms with Gasteiger partial charge in [0.05, 0.1) is 13.2 Å². The number of methoxy groups -OCH3 is 1. The van der Waals surface area contributed by atoms with E-state index in [1.165, 1.54) is 0 Å². The summed E-state index contributed by atoms with van der Waals surface area (Å²) >= 11 is 0. The number of benzene rings is 2. The molecule has 2 aromatic rings. The van der Waals surface area contributed by atoms with E-state index < -0.39 is 18.3 Å². The summed E-state index contributed by atoms with van der Waals surface area (Å²) in [5, 5.41) is 12.7. The zero-order valence-corrected chi connectivity index (χ0v) is 12.1. The molecule has 1 unspecified atom stereocenters. The second-order valence-electron chi connectivity index (χ2n) is 5.10. The van der Waals surface area contributed by atoms with Gasteiger partial charge in [-0.15, -0.1) is 0 Å². The molecule has 2 aromatic carbocycles. The first kappa shape index (κ1) is 14.6. The first-order chi connectivity index (χ1) is 10.7. The minimum atomic E-state index is -0.975. The first-order valence-corrected chi connectivity index (χ1v) is 7.02. The lowest BCUT2D eigenvalue weighted by molar-refractivity contribution is -0.150. The fourth-order valence-corrected chi connectivity index (χ4v) is 2.60. The predicted octanol–water partition coefficient (Wildman–Crippen LogP) is 2.51. The molecule has 0 spiro atoms. The molecule has 5 nitrogen and oxygen atoms in total. The molecule has 3 rings (SSSR count). The lowest BCUT2D eigenvalue weighted by atomic mass is 10.0. The van der Waals surface area contributed by atoms with Crippen molar-refractivity contribution in [2.75, 3.05) is 7.11 Å². The van der Waals surface area contributed by atoms with Gasteiger partial charge >= 0.3 is 5.97 Å². The molecule has 2 N–H and O–H groups in total. The maximum Gasteiger partial charge on any atom is 0.334 e. The summed E-state index contributed by atoms with van der Waals surface area (Å²) in [5.41, 5.74) is 1.76. The van der Waals surface area contributed by atoms with Gasteiger partial charge in [-0.3, -0.25) is 5.32 Å². The minimum Gasteiger partial charge on any atom is -0.497 e. The summed E-state index contributed by atoms with van der Waals surface area (Å²) < 4.78 is 10.8. The van der Waals surface area contributed by atoms with Gasteiger partial charge in [0.25, 0.3) is 0 Å². The molecule has 1 saturated heterocycles. The third-order valence-corrected chi connectivity index (χ3v) is 3.74. The van der Waals surface area contributed by atoms with Crippen molar-refractivity contribution in [2.45, 2.75) is 18.4 Å². The third kappa shape index (κ3) is 2.81. The summed E-state index contributed by atoms with van der Waals surface area (Å²) in [5.74, 6) is -0.228. The molecule has 0 bridgehead atoms. The van der Waals surface area contributed by atoms with Crippen LogP contribution < -0.4 is 10.1 Å². The van der Waals surface area contributed by atoms with E-state index in [0.717, 1.165) is 16.9 Å². The fourth-order valence-electron chi connectivity index (χ4n) is 2.60. The topological polar surface area (TPSA) is 67.8 Å². The zero-order valence-electron chi connectivity index (χ0n) is 12.1. The van der Waals surface area contributed by atoms with Crippen LogP contribution in [0.5, 0.6) is 5.75 Å². The molecule has 3 atom stereocenters. The number of hydrogen-bond acceptors (Lipinski definition) is 4. The lowest BCUT2D eigenvalue weighted by Crippen LogP contribution is -2.28. The van der Waals surface area contributed by atoms with Gasteiger partial charge in [0.1, 0.15) is 12.0 Å². The Labute approximate surface area is 128 Å². The van der Waals surface area contributed by atoms with Crippen LogP contribution in [0.1, 0.15) is 23.4 Å². The van der Waals surface area contributed by atoms with Gasteiger partial charge in [-0.05, 0) is 23.3 Å². The monoisotopic (exact) mass is 299 g/mol. The van der Waals surface area contributed by atoms with Gasteiger partial charge in [0.2, 0.25) is 0 Å². The summed E-state index contributed by atoms with van der Waals surface area (Å²) in [6.07, 6.45) is -1.38. The molecule has 0 amide bonds. The molecule has 22 heavy (non-hydrogen) atoms.